The van der Waals surface area contributed by atoms with Crippen LogP contribution in [0.15, 0.2) is 0 Å². The van der Waals surface area contributed by atoms with Crippen LogP contribution in [0.4, 0.5) is 0 Å². The highest BCUT2D eigenvalue weighted by atomic mass is 16.4. The van der Waals surface area contributed by atoms with Crippen molar-refractivity contribution in [2.45, 2.75) is 44.7 Å². The van der Waals surface area contributed by atoms with E-state index in [1.165, 1.54) is 19.8 Å². The molecular formula is C12H20N2O3. The standard InChI is InChI=1S/C12H20N2O3/c1-8(12(16)17)11(15)13-9-5-7-14-6-3-2-4-10(9)14/h8-10H,2-7H2,1H3,(H,13,15)(H,16,17). The molecule has 0 saturated carbocycles. The van der Waals surface area contributed by atoms with Crippen LogP contribution in [0.2, 0.25) is 0 Å². The smallest absolute Gasteiger partial charge is 0.315 e. The van der Waals surface area contributed by atoms with Gasteiger partial charge in [-0.15, -0.1) is 0 Å². The van der Waals surface area contributed by atoms with E-state index in [9.17, 15) is 9.59 Å². The number of carboxylic acids is 1. The molecule has 0 spiro atoms. The number of nitrogens with zero attached hydrogens (tertiary/aromatic N) is 1. The van der Waals surface area contributed by atoms with E-state index in [0.717, 1.165) is 25.9 Å². The quantitative estimate of drug-likeness (QED) is 0.703. The molecule has 0 aromatic rings. The summed E-state index contributed by atoms with van der Waals surface area (Å²) in [6, 6.07) is 0.568. The molecule has 0 aliphatic carbocycles. The number of rotatable bonds is 3. The molecule has 2 heterocycles. The van der Waals surface area contributed by atoms with Gasteiger partial charge in [0.15, 0.2) is 0 Å². The molecule has 2 N–H and O–H groups in total. The summed E-state index contributed by atoms with van der Waals surface area (Å²) >= 11 is 0. The second kappa shape index (κ2) is 5.04. The first-order valence-electron chi connectivity index (χ1n) is 6.37. The van der Waals surface area contributed by atoms with E-state index in [4.69, 9.17) is 5.11 Å². The minimum Gasteiger partial charge on any atom is -0.481 e. The van der Waals surface area contributed by atoms with Gasteiger partial charge in [-0.25, -0.2) is 0 Å². The number of amides is 1. The van der Waals surface area contributed by atoms with Crippen LogP contribution in [0.25, 0.3) is 0 Å². The third-order valence-corrected chi connectivity index (χ3v) is 3.95. The zero-order valence-corrected chi connectivity index (χ0v) is 10.2. The number of piperidine rings is 1. The SMILES string of the molecule is CC(C(=O)O)C(=O)NC1CCN2CCCCC12. The minimum absolute atomic E-state index is 0.143. The highest BCUT2D eigenvalue weighted by molar-refractivity contribution is 5.96. The fourth-order valence-electron chi connectivity index (χ4n) is 2.84. The number of carbonyl (C=O) groups excluding carboxylic acids is 1. The lowest BCUT2D eigenvalue weighted by molar-refractivity contribution is -0.146. The molecule has 0 aromatic heterocycles. The van der Waals surface area contributed by atoms with Gasteiger partial charge in [0.05, 0.1) is 0 Å². The Morgan fingerprint density at radius 2 is 2.06 bits per heavy atom. The Bertz CT molecular complexity index is 319. The second-order valence-electron chi connectivity index (χ2n) is 5.06. The zero-order valence-electron chi connectivity index (χ0n) is 10.2. The first-order chi connectivity index (χ1) is 8.09. The van der Waals surface area contributed by atoms with Gasteiger partial charge in [0.1, 0.15) is 5.92 Å². The molecule has 2 rings (SSSR count). The van der Waals surface area contributed by atoms with Crippen molar-refractivity contribution in [3.8, 4) is 0 Å². The van der Waals surface area contributed by atoms with Crippen molar-refractivity contribution in [1.82, 2.24) is 10.2 Å². The van der Waals surface area contributed by atoms with Crippen LogP contribution >= 0.6 is 0 Å². The van der Waals surface area contributed by atoms with Crippen LogP contribution in [0, 0.1) is 5.92 Å². The number of aliphatic carboxylic acids is 1. The maximum absolute atomic E-state index is 11.7. The summed E-state index contributed by atoms with van der Waals surface area (Å²) in [5.74, 6) is -2.36. The molecular weight excluding hydrogens is 220 g/mol. The van der Waals surface area contributed by atoms with Gasteiger partial charge in [-0.2, -0.15) is 0 Å². The number of hydrogen-bond acceptors (Lipinski definition) is 3. The number of carbonyl (C=O) groups is 2. The molecule has 5 nitrogen and oxygen atoms in total. The van der Waals surface area contributed by atoms with Gasteiger partial charge in [0.2, 0.25) is 5.91 Å². The topological polar surface area (TPSA) is 69.6 Å². The molecule has 3 atom stereocenters. The van der Waals surface area contributed by atoms with E-state index in [1.54, 1.807) is 0 Å². The number of hydrogen-bond donors (Lipinski definition) is 2. The first kappa shape index (κ1) is 12.4. The molecule has 2 aliphatic heterocycles. The average molecular weight is 240 g/mol. The van der Waals surface area contributed by atoms with Crippen LogP contribution in [0.3, 0.4) is 0 Å². The minimum atomic E-state index is -1.05. The van der Waals surface area contributed by atoms with Crippen LogP contribution in [-0.2, 0) is 9.59 Å². The normalized spacial score (nSPS) is 30.6. The van der Waals surface area contributed by atoms with Gasteiger partial charge in [0.25, 0.3) is 0 Å². The van der Waals surface area contributed by atoms with Crippen molar-refractivity contribution in [3.63, 3.8) is 0 Å². The fourth-order valence-corrected chi connectivity index (χ4v) is 2.84. The van der Waals surface area contributed by atoms with Crippen molar-refractivity contribution < 1.29 is 14.7 Å². The summed E-state index contributed by atoms with van der Waals surface area (Å²) in [6.45, 7) is 3.58. The Labute approximate surface area is 101 Å². The molecule has 0 radical (unpaired) electrons. The maximum Gasteiger partial charge on any atom is 0.315 e. The van der Waals surface area contributed by atoms with Crippen LogP contribution in [0.1, 0.15) is 32.6 Å². The summed E-state index contributed by atoms with van der Waals surface area (Å²) in [5, 5.41) is 11.7. The van der Waals surface area contributed by atoms with Crippen molar-refractivity contribution in [2.24, 2.45) is 5.92 Å². The van der Waals surface area contributed by atoms with E-state index >= 15 is 0 Å². The maximum atomic E-state index is 11.7. The fraction of sp³-hybridized carbons (Fsp3) is 0.833. The molecule has 5 heteroatoms. The molecule has 2 fully saturated rings. The summed E-state index contributed by atoms with van der Waals surface area (Å²) < 4.78 is 0. The molecule has 2 saturated heterocycles. The van der Waals surface area contributed by atoms with Crippen LogP contribution < -0.4 is 5.32 Å². The second-order valence-corrected chi connectivity index (χ2v) is 5.06. The van der Waals surface area contributed by atoms with Crippen molar-refractivity contribution >= 4 is 11.9 Å². The van der Waals surface area contributed by atoms with Gasteiger partial charge in [0, 0.05) is 18.6 Å². The highest BCUT2D eigenvalue weighted by Gasteiger charge is 2.37. The number of carboxylic acid groups (broad SMARTS) is 1. The van der Waals surface area contributed by atoms with Crippen molar-refractivity contribution in [1.29, 1.82) is 0 Å². The van der Waals surface area contributed by atoms with Crippen molar-refractivity contribution in [2.75, 3.05) is 13.1 Å². The zero-order chi connectivity index (χ0) is 12.4. The van der Waals surface area contributed by atoms with Crippen LogP contribution in [-0.4, -0.2) is 47.1 Å². The Morgan fingerprint density at radius 3 is 2.76 bits per heavy atom. The summed E-state index contributed by atoms with van der Waals surface area (Å²) in [4.78, 5) is 24.8. The van der Waals surface area contributed by atoms with Gasteiger partial charge >= 0.3 is 5.97 Å². The number of nitrogens with one attached hydrogen (secondary N) is 1. The number of fused-ring (bicyclic) bond motifs is 1. The van der Waals surface area contributed by atoms with Gasteiger partial charge in [-0.05, 0) is 32.7 Å². The van der Waals surface area contributed by atoms with E-state index in [0.29, 0.717) is 6.04 Å². The van der Waals surface area contributed by atoms with Crippen molar-refractivity contribution in [3.05, 3.63) is 0 Å². The monoisotopic (exact) mass is 240 g/mol. The third kappa shape index (κ3) is 2.60. The lowest BCUT2D eigenvalue weighted by atomic mass is 9.98. The lowest BCUT2D eigenvalue weighted by Crippen LogP contribution is -2.48. The van der Waals surface area contributed by atoms with E-state index in [1.807, 2.05) is 0 Å². The molecule has 96 valence electrons. The van der Waals surface area contributed by atoms with Gasteiger partial charge in [-0.3, -0.25) is 14.5 Å². The Hall–Kier alpha value is -1.10. The Kier molecular flexibility index (Phi) is 3.66. The molecule has 2 aliphatic rings. The van der Waals surface area contributed by atoms with E-state index in [-0.39, 0.29) is 11.9 Å². The van der Waals surface area contributed by atoms with E-state index in [2.05, 4.69) is 10.2 Å². The summed E-state index contributed by atoms with van der Waals surface area (Å²) in [7, 11) is 0. The van der Waals surface area contributed by atoms with Crippen LogP contribution in [0.5, 0.6) is 0 Å². The van der Waals surface area contributed by atoms with E-state index < -0.39 is 11.9 Å². The summed E-state index contributed by atoms with van der Waals surface area (Å²) in [5.41, 5.74) is 0. The lowest BCUT2D eigenvalue weighted by Gasteiger charge is -2.32. The predicted octanol–water partition coefficient (Wildman–Crippen LogP) is 0.450. The third-order valence-electron chi connectivity index (χ3n) is 3.95. The first-order valence-corrected chi connectivity index (χ1v) is 6.37. The Balaban J connectivity index is 1.91. The molecule has 1 amide bonds. The summed E-state index contributed by atoms with van der Waals surface area (Å²) in [6.07, 6.45) is 4.51. The Morgan fingerprint density at radius 1 is 1.29 bits per heavy atom. The molecule has 17 heavy (non-hydrogen) atoms. The molecule has 3 unspecified atom stereocenters. The largest absolute Gasteiger partial charge is 0.481 e. The molecule has 0 aromatic carbocycles. The predicted molar refractivity (Wildman–Crippen MR) is 62.6 cm³/mol. The molecule has 0 bridgehead atoms. The van der Waals surface area contributed by atoms with Gasteiger partial charge in [-0.1, -0.05) is 6.42 Å². The highest BCUT2D eigenvalue weighted by Crippen LogP contribution is 2.27. The van der Waals surface area contributed by atoms with Gasteiger partial charge < -0.3 is 10.4 Å². The average Bonchev–Trinajstić information content (AvgIpc) is 2.71.